The third kappa shape index (κ3) is 2.71. The van der Waals surface area contributed by atoms with Crippen LogP contribution in [0.2, 0.25) is 0 Å². The summed E-state index contributed by atoms with van der Waals surface area (Å²) in [6.07, 6.45) is 6.42. The van der Waals surface area contributed by atoms with Crippen molar-refractivity contribution in [2.24, 2.45) is 16.1 Å². The normalized spacial score (nSPS) is 23.5. The fourth-order valence-corrected chi connectivity index (χ4v) is 2.02. The van der Waals surface area contributed by atoms with Gasteiger partial charge in [-0.25, -0.2) is 0 Å². The van der Waals surface area contributed by atoms with Gasteiger partial charge in [0.2, 0.25) is 0 Å². The molecular formula is C11H22N2. The van der Waals surface area contributed by atoms with Crippen molar-refractivity contribution >= 4 is 5.84 Å². The van der Waals surface area contributed by atoms with E-state index in [1.807, 2.05) is 0 Å². The maximum absolute atomic E-state index is 6.03. The fraction of sp³-hybridized carbons (Fsp3) is 0.909. The Morgan fingerprint density at radius 1 is 1.23 bits per heavy atom. The number of amidine groups is 1. The zero-order valence-electron chi connectivity index (χ0n) is 9.14. The Morgan fingerprint density at radius 3 is 2.23 bits per heavy atom. The van der Waals surface area contributed by atoms with Gasteiger partial charge < -0.3 is 5.73 Å². The van der Waals surface area contributed by atoms with Gasteiger partial charge >= 0.3 is 0 Å². The highest BCUT2D eigenvalue weighted by Gasteiger charge is 2.30. The van der Waals surface area contributed by atoms with E-state index in [9.17, 15) is 0 Å². The second kappa shape index (κ2) is 4.12. The molecule has 0 saturated heterocycles. The molecule has 1 rings (SSSR count). The molecule has 0 aliphatic heterocycles. The molecule has 0 aromatic heterocycles. The largest absolute Gasteiger partial charge is 0.387 e. The Balaban J connectivity index is 2.66. The van der Waals surface area contributed by atoms with Crippen LogP contribution < -0.4 is 5.73 Å². The van der Waals surface area contributed by atoms with Crippen LogP contribution in [0.1, 0.15) is 52.9 Å². The first-order chi connectivity index (χ1) is 6.04. The molecule has 1 saturated carbocycles. The maximum atomic E-state index is 6.03. The van der Waals surface area contributed by atoms with E-state index >= 15 is 0 Å². The van der Waals surface area contributed by atoms with Crippen molar-refractivity contribution in [1.82, 2.24) is 0 Å². The van der Waals surface area contributed by atoms with Gasteiger partial charge in [0, 0.05) is 11.5 Å². The SMILES string of the molecule is CC(C)N=C(N)C1(C)CCCCC1. The molecule has 0 aromatic carbocycles. The summed E-state index contributed by atoms with van der Waals surface area (Å²) in [5.41, 5.74) is 6.23. The highest BCUT2D eigenvalue weighted by molar-refractivity contribution is 5.86. The summed E-state index contributed by atoms with van der Waals surface area (Å²) < 4.78 is 0. The van der Waals surface area contributed by atoms with Gasteiger partial charge in [-0.3, -0.25) is 4.99 Å². The van der Waals surface area contributed by atoms with Crippen molar-refractivity contribution in [3.05, 3.63) is 0 Å². The second-order valence-corrected chi connectivity index (χ2v) is 4.73. The number of aliphatic imine (C=N–C) groups is 1. The molecule has 2 nitrogen and oxygen atoms in total. The van der Waals surface area contributed by atoms with Gasteiger partial charge in [-0.2, -0.15) is 0 Å². The Bertz CT molecular complexity index is 188. The lowest BCUT2D eigenvalue weighted by atomic mass is 9.75. The fourth-order valence-electron chi connectivity index (χ4n) is 2.02. The number of hydrogen-bond acceptors (Lipinski definition) is 1. The standard InChI is InChI=1S/C11H22N2/c1-9(2)13-10(12)11(3)7-5-4-6-8-11/h9H,4-8H2,1-3H3,(H2,12,13). The Kier molecular flexibility index (Phi) is 3.34. The number of rotatable bonds is 2. The minimum Gasteiger partial charge on any atom is -0.387 e. The van der Waals surface area contributed by atoms with Gasteiger partial charge in [-0.15, -0.1) is 0 Å². The monoisotopic (exact) mass is 182 g/mol. The predicted octanol–water partition coefficient (Wildman–Crippen LogP) is 2.72. The molecule has 1 aliphatic rings. The third-order valence-corrected chi connectivity index (χ3v) is 2.97. The minimum atomic E-state index is 0.197. The first kappa shape index (κ1) is 10.6. The molecule has 2 N–H and O–H groups in total. The van der Waals surface area contributed by atoms with Crippen LogP contribution in [0.3, 0.4) is 0 Å². The molecule has 0 bridgehead atoms. The van der Waals surface area contributed by atoms with Crippen LogP contribution in [0, 0.1) is 5.41 Å². The smallest absolute Gasteiger partial charge is 0.1000 e. The quantitative estimate of drug-likeness (QED) is 0.517. The summed E-state index contributed by atoms with van der Waals surface area (Å²) in [6, 6.07) is 0.332. The van der Waals surface area contributed by atoms with Crippen molar-refractivity contribution in [3.63, 3.8) is 0 Å². The van der Waals surface area contributed by atoms with E-state index in [1.165, 1.54) is 32.1 Å². The molecule has 0 atom stereocenters. The molecule has 1 aliphatic carbocycles. The van der Waals surface area contributed by atoms with E-state index in [1.54, 1.807) is 0 Å². The summed E-state index contributed by atoms with van der Waals surface area (Å²) in [7, 11) is 0. The van der Waals surface area contributed by atoms with E-state index < -0.39 is 0 Å². The van der Waals surface area contributed by atoms with Crippen LogP contribution in [-0.4, -0.2) is 11.9 Å². The first-order valence-electron chi connectivity index (χ1n) is 5.38. The number of nitrogens with two attached hydrogens (primary N) is 1. The van der Waals surface area contributed by atoms with Crippen molar-refractivity contribution in [3.8, 4) is 0 Å². The molecule has 0 spiro atoms. The number of hydrogen-bond donors (Lipinski definition) is 1. The lowest BCUT2D eigenvalue weighted by molar-refractivity contribution is 0.308. The maximum Gasteiger partial charge on any atom is 0.1000 e. The van der Waals surface area contributed by atoms with Gasteiger partial charge in [0.1, 0.15) is 0 Å². The van der Waals surface area contributed by atoms with Crippen LogP contribution >= 0.6 is 0 Å². The average molecular weight is 182 g/mol. The zero-order valence-corrected chi connectivity index (χ0v) is 9.14. The van der Waals surface area contributed by atoms with E-state index in [4.69, 9.17) is 5.73 Å². The van der Waals surface area contributed by atoms with Gasteiger partial charge in [-0.1, -0.05) is 26.2 Å². The molecule has 0 aromatic rings. The van der Waals surface area contributed by atoms with Crippen LogP contribution in [-0.2, 0) is 0 Å². The average Bonchev–Trinajstić information content (AvgIpc) is 2.04. The van der Waals surface area contributed by atoms with E-state index in [0.29, 0.717) is 6.04 Å². The van der Waals surface area contributed by atoms with E-state index in [-0.39, 0.29) is 5.41 Å². The molecular weight excluding hydrogens is 160 g/mol. The Labute approximate surface area is 81.6 Å². The molecule has 2 heteroatoms. The van der Waals surface area contributed by atoms with Crippen LogP contribution in [0.4, 0.5) is 0 Å². The van der Waals surface area contributed by atoms with Gasteiger partial charge in [0.25, 0.3) is 0 Å². The van der Waals surface area contributed by atoms with E-state index in [0.717, 1.165) is 5.84 Å². The van der Waals surface area contributed by atoms with Crippen LogP contribution in [0.25, 0.3) is 0 Å². The van der Waals surface area contributed by atoms with Crippen molar-refractivity contribution < 1.29 is 0 Å². The van der Waals surface area contributed by atoms with Crippen LogP contribution in [0.15, 0.2) is 4.99 Å². The van der Waals surface area contributed by atoms with E-state index in [2.05, 4.69) is 25.8 Å². The van der Waals surface area contributed by atoms with Crippen molar-refractivity contribution in [1.29, 1.82) is 0 Å². The second-order valence-electron chi connectivity index (χ2n) is 4.73. The molecule has 76 valence electrons. The molecule has 0 heterocycles. The molecule has 0 amide bonds. The lowest BCUT2D eigenvalue weighted by Gasteiger charge is -2.33. The molecule has 0 unspecified atom stereocenters. The van der Waals surface area contributed by atoms with Gasteiger partial charge in [0.05, 0.1) is 5.84 Å². The highest BCUT2D eigenvalue weighted by atomic mass is 14.9. The van der Waals surface area contributed by atoms with Crippen molar-refractivity contribution in [2.75, 3.05) is 0 Å². The number of nitrogens with zero attached hydrogens (tertiary/aromatic N) is 1. The molecule has 0 radical (unpaired) electrons. The zero-order chi connectivity index (χ0) is 9.90. The summed E-state index contributed by atoms with van der Waals surface area (Å²) in [6.45, 7) is 6.42. The Hall–Kier alpha value is -0.530. The highest BCUT2D eigenvalue weighted by Crippen LogP contribution is 2.35. The lowest BCUT2D eigenvalue weighted by Crippen LogP contribution is -2.37. The predicted molar refractivity (Wildman–Crippen MR) is 58.0 cm³/mol. The topological polar surface area (TPSA) is 38.4 Å². The summed E-state index contributed by atoms with van der Waals surface area (Å²) in [5.74, 6) is 0.877. The minimum absolute atomic E-state index is 0.197. The first-order valence-corrected chi connectivity index (χ1v) is 5.38. The third-order valence-electron chi connectivity index (χ3n) is 2.97. The van der Waals surface area contributed by atoms with Gasteiger partial charge in [-0.05, 0) is 26.7 Å². The summed E-state index contributed by atoms with van der Waals surface area (Å²) in [5, 5.41) is 0. The van der Waals surface area contributed by atoms with Crippen LogP contribution in [0.5, 0.6) is 0 Å². The van der Waals surface area contributed by atoms with Crippen molar-refractivity contribution in [2.45, 2.75) is 58.9 Å². The summed E-state index contributed by atoms with van der Waals surface area (Å²) >= 11 is 0. The molecule has 13 heavy (non-hydrogen) atoms. The molecule has 1 fully saturated rings. The summed E-state index contributed by atoms with van der Waals surface area (Å²) in [4.78, 5) is 4.47. The van der Waals surface area contributed by atoms with Gasteiger partial charge in [0.15, 0.2) is 0 Å². The Morgan fingerprint density at radius 2 is 1.77 bits per heavy atom.